The van der Waals surface area contributed by atoms with Gasteiger partial charge in [-0.25, -0.2) is 4.39 Å². The Hall–Kier alpha value is -4.90. The number of ether oxygens (including phenoxy) is 3. The predicted molar refractivity (Wildman–Crippen MR) is 149 cm³/mol. The number of halogens is 4. The number of nitrogens with one attached hydrogen (secondary N) is 2. The molecule has 222 valence electrons. The molecule has 1 saturated carbocycles. The normalized spacial score (nSPS) is 17.5. The van der Waals surface area contributed by atoms with Crippen molar-refractivity contribution in [1.82, 2.24) is 5.32 Å². The third kappa shape index (κ3) is 8.10. The zero-order valence-corrected chi connectivity index (χ0v) is 22.6. The van der Waals surface area contributed by atoms with Crippen molar-refractivity contribution in [3.63, 3.8) is 0 Å². The maximum Gasteiger partial charge on any atom is 0.573 e. The van der Waals surface area contributed by atoms with Gasteiger partial charge in [0.15, 0.2) is 0 Å². The van der Waals surface area contributed by atoms with E-state index in [1.165, 1.54) is 36.4 Å². The number of amides is 2. The molecule has 2 N–H and O–H groups in total. The van der Waals surface area contributed by atoms with Gasteiger partial charge in [-0.05, 0) is 71.8 Å². The molecule has 0 aliphatic heterocycles. The second kappa shape index (κ2) is 12.5. The number of benzene rings is 4. The average Bonchev–Trinajstić information content (AvgIpc) is 3.67. The van der Waals surface area contributed by atoms with Gasteiger partial charge in [0.05, 0.1) is 19.1 Å². The molecular formula is C32H26F4N2O5. The lowest BCUT2D eigenvalue weighted by atomic mass is 10.1. The molecule has 5 rings (SSSR count). The van der Waals surface area contributed by atoms with Crippen LogP contribution in [0.15, 0.2) is 103 Å². The fourth-order valence-corrected chi connectivity index (χ4v) is 4.45. The molecule has 0 bridgehead atoms. The van der Waals surface area contributed by atoms with Crippen molar-refractivity contribution in [2.45, 2.75) is 37.5 Å². The number of anilines is 1. The summed E-state index contributed by atoms with van der Waals surface area (Å²) >= 11 is 0. The highest BCUT2D eigenvalue weighted by Gasteiger charge is 2.62. The lowest BCUT2D eigenvalue weighted by Gasteiger charge is -2.20. The highest BCUT2D eigenvalue weighted by molar-refractivity contribution is 6.04. The molecule has 2 amide bonds. The molecule has 4 aromatic carbocycles. The standard InChI is InChI=1S/C32H26F4N2O5/c33-23-9-13-25(14-10-23)42-26-15-11-24(12-16-26)37-30(40)31(19-28(31)41-20-21-5-2-1-3-6-21)38-29(39)18-22-7-4-8-27(17-22)43-32(34,35)36/h1-17,28H,18-20H2,(H,37,40)(H,38,39)/t28-,31?/m0/s1. The van der Waals surface area contributed by atoms with Gasteiger partial charge in [-0.15, -0.1) is 13.2 Å². The minimum Gasteiger partial charge on any atom is -0.457 e. The monoisotopic (exact) mass is 594 g/mol. The number of carbonyl (C=O) groups is 2. The molecule has 0 heterocycles. The van der Waals surface area contributed by atoms with Gasteiger partial charge in [-0.2, -0.15) is 0 Å². The van der Waals surface area contributed by atoms with Gasteiger partial charge in [0.2, 0.25) is 5.91 Å². The van der Waals surface area contributed by atoms with Crippen LogP contribution in [0.2, 0.25) is 0 Å². The van der Waals surface area contributed by atoms with E-state index in [2.05, 4.69) is 15.4 Å². The molecule has 1 aliphatic rings. The molecule has 1 aliphatic carbocycles. The maximum atomic E-state index is 13.5. The van der Waals surface area contributed by atoms with Crippen LogP contribution in [0.1, 0.15) is 17.5 Å². The van der Waals surface area contributed by atoms with Gasteiger partial charge in [0.25, 0.3) is 5.91 Å². The van der Waals surface area contributed by atoms with Gasteiger partial charge < -0.3 is 24.8 Å². The van der Waals surface area contributed by atoms with Gasteiger partial charge in [-0.1, -0.05) is 42.5 Å². The number of hydrogen-bond acceptors (Lipinski definition) is 5. The SMILES string of the molecule is O=C(Cc1cccc(OC(F)(F)F)c1)NC1(C(=O)Nc2ccc(Oc3ccc(F)cc3)cc2)C[C@@H]1OCc1ccccc1. The summed E-state index contributed by atoms with van der Waals surface area (Å²) in [6, 6.07) is 26.4. The van der Waals surface area contributed by atoms with Crippen molar-refractivity contribution in [2.24, 2.45) is 0 Å². The van der Waals surface area contributed by atoms with Crippen molar-refractivity contribution >= 4 is 17.5 Å². The van der Waals surface area contributed by atoms with Crippen LogP contribution in [0, 0.1) is 5.82 Å². The first-order valence-electron chi connectivity index (χ1n) is 13.2. The first-order valence-corrected chi connectivity index (χ1v) is 13.2. The third-order valence-electron chi connectivity index (χ3n) is 6.62. The van der Waals surface area contributed by atoms with Crippen LogP contribution in [0.5, 0.6) is 17.2 Å². The van der Waals surface area contributed by atoms with Crippen molar-refractivity contribution in [1.29, 1.82) is 0 Å². The Kier molecular flexibility index (Phi) is 8.63. The maximum absolute atomic E-state index is 13.5. The number of rotatable bonds is 11. The summed E-state index contributed by atoms with van der Waals surface area (Å²) in [5, 5.41) is 5.54. The second-order valence-electron chi connectivity index (χ2n) is 9.92. The molecule has 1 fully saturated rings. The van der Waals surface area contributed by atoms with Crippen molar-refractivity contribution in [3.8, 4) is 17.2 Å². The first-order chi connectivity index (χ1) is 20.6. The van der Waals surface area contributed by atoms with E-state index in [4.69, 9.17) is 9.47 Å². The summed E-state index contributed by atoms with van der Waals surface area (Å²) in [6.45, 7) is 0.211. The Morgan fingerprint density at radius 2 is 1.47 bits per heavy atom. The minimum absolute atomic E-state index is 0.195. The van der Waals surface area contributed by atoms with Gasteiger partial charge in [0.1, 0.15) is 28.6 Å². The predicted octanol–water partition coefficient (Wildman–Crippen LogP) is 6.54. The third-order valence-corrected chi connectivity index (χ3v) is 6.62. The van der Waals surface area contributed by atoms with Crippen LogP contribution >= 0.6 is 0 Å². The minimum atomic E-state index is -4.87. The lowest BCUT2D eigenvalue weighted by Crippen LogP contribution is -2.49. The molecule has 0 spiro atoms. The van der Waals surface area contributed by atoms with E-state index in [9.17, 15) is 27.2 Å². The largest absolute Gasteiger partial charge is 0.573 e. The zero-order chi connectivity index (χ0) is 30.5. The lowest BCUT2D eigenvalue weighted by molar-refractivity contribution is -0.274. The molecule has 43 heavy (non-hydrogen) atoms. The summed E-state index contributed by atoms with van der Waals surface area (Å²) in [5.74, 6) is -1.03. The summed E-state index contributed by atoms with van der Waals surface area (Å²) in [5.41, 5.74) is 0.188. The topological polar surface area (TPSA) is 85.9 Å². The van der Waals surface area contributed by atoms with Crippen LogP contribution in [0.3, 0.4) is 0 Å². The van der Waals surface area contributed by atoms with Crippen molar-refractivity contribution < 1.29 is 41.4 Å². The van der Waals surface area contributed by atoms with Crippen molar-refractivity contribution in [2.75, 3.05) is 5.32 Å². The van der Waals surface area contributed by atoms with Gasteiger partial charge >= 0.3 is 6.36 Å². The molecule has 11 heteroatoms. The Balaban J connectivity index is 1.26. The fourth-order valence-electron chi connectivity index (χ4n) is 4.45. The van der Waals surface area contributed by atoms with E-state index < -0.39 is 35.6 Å². The molecule has 0 radical (unpaired) electrons. The molecule has 0 aromatic heterocycles. The van der Waals surface area contributed by atoms with Crippen LogP contribution in [0.25, 0.3) is 0 Å². The second-order valence-corrected chi connectivity index (χ2v) is 9.92. The highest BCUT2D eigenvalue weighted by atomic mass is 19.4. The van der Waals surface area contributed by atoms with E-state index in [1.807, 2.05) is 30.3 Å². The van der Waals surface area contributed by atoms with Crippen LogP contribution in [-0.4, -0.2) is 29.8 Å². The molecule has 4 aromatic rings. The molecule has 1 unspecified atom stereocenters. The first kappa shape index (κ1) is 29.6. The van der Waals surface area contributed by atoms with Crippen LogP contribution < -0.4 is 20.1 Å². The van der Waals surface area contributed by atoms with E-state index in [0.29, 0.717) is 17.2 Å². The Morgan fingerprint density at radius 1 is 0.814 bits per heavy atom. The summed E-state index contributed by atoms with van der Waals surface area (Å²) in [4.78, 5) is 26.5. The molecule has 0 saturated heterocycles. The molecule has 7 nitrogen and oxygen atoms in total. The molecular weight excluding hydrogens is 568 g/mol. The summed E-state index contributed by atoms with van der Waals surface area (Å²) < 4.78 is 66.6. The summed E-state index contributed by atoms with van der Waals surface area (Å²) in [7, 11) is 0. The van der Waals surface area contributed by atoms with Crippen LogP contribution in [0.4, 0.5) is 23.2 Å². The fraction of sp³-hybridized carbons (Fsp3) is 0.188. The van der Waals surface area contributed by atoms with Gasteiger partial charge in [0, 0.05) is 12.1 Å². The van der Waals surface area contributed by atoms with Gasteiger partial charge in [-0.3, -0.25) is 9.59 Å². The molecule has 2 atom stereocenters. The van der Waals surface area contributed by atoms with E-state index >= 15 is 0 Å². The van der Waals surface area contributed by atoms with E-state index in [1.54, 1.807) is 24.3 Å². The summed E-state index contributed by atoms with van der Waals surface area (Å²) in [6.07, 6.45) is -5.60. The van der Waals surface area contributed by atoms with Crippen molar-refractivity contribution in [3.05, 3.63) is 120 Å². The quantitative estimate of drug-likeness (QED) is 0.193. The zero-order valence-electron chi connectivity index (χ0n) is 22.6. The number of hydrogen-bond donors (Lipinski definition) is 2. The highest BCUT2D eigenvalue weighted by Crippen LogP contribution is 2.41. The Morgan fingerprint density at radius 3 is 2.14 bits per heavy atom. The number of alkyl halides is 3. The van der Waals surface area contributed by atoms with E-state index in [-0.39, 0.29) is 30.8 Å². The average molecular weight is 595 g/mol. The number of carbonyl (C=O) groups excluding carboxylic acids is 2. The Bertz CT molecular complexity index is 1560. The smallest absolute Gasteiger partial charge is 0.457 e. The van der Waals surface area contributed by atoms with Crippen LogP contribution in [-0.2, 0) is 27.4 Å². The Labute approximate surface area is 244 Å². The van der Waals surface area contributed by atoms with E-state index in [0.717, 1.165) is 17.7 Å².